The SMILES string of the molecule is CC(C)(O)C(C)(C)O.CC1(C)OB(c2cnn(CCO)c2)OC1(C)C.OB(O)O. The molecule has 0 radical (unpaired) electrons. The van der Waals surface area contributed by atoms with Crippen molar-refractivity contribution >= 4 is 19.9 Å². The van der Waals surface area contributed by atoms with E-state index in [1.54, 1.807) is 38.6 Å². The Morgan fingerprint density at radius 1 is 1.00 bits per heavy atom. The van der Waals surface area contributed by atoms with Gasteiger partial charge >= 0.3 is 14.4 Å². The lowest BCUT2D eigenvalue weighted by Crippen LogP contribution is -2.44. The second-order valence-electron chi connectivity index (χ2n) is 8.81. The fraction of sp³-hybridized carbons (Fsp3) is 0.824. The van der Waals surface area contributed by atoms with Gasteiger partial charge in [0.15, 0.2) is 0 Å². The monoisotopic (exact) mass is 418 g/mol. The van der Waals surface area contributed by atoms with Gasteiger partial charge in [-0.25, -0.2) is 0 Å². The molecule has 12 heteroatoms. The molecule has 0 bridgehead atoms. The molecule has 2 heterocycles. The first-order chi connectivity index (χ1) is 12.8. The van der Waals surface area contributed by atoms with Gasteiger partial charge in [0, 0.05) is 17.9 Å². The van der Waals surface area contributed by atoms with Crippen LogP contribution in [0, 0.1) is 0 Å². The number of rotatable bonds is 4. The number of aliphatic hydroxyl groups excluding tert-OH is 1. The highest BCUT2D eigenvalue weighted by Gasteiger charge is 2.52. The molecule has 1 saturated heterocycles. The molecule has 10 nitrogen and oxygen atoms in total. The summed E-state index contributed by atoms with van der Waals surface area (Å²) >= 11 is 0. The zero-order valence-corrected chi connectivity index (χ0v) is 18.6. The van der Waals surface area contributed by atoms with Crippen LogP contribution in [0.5, 0.6) is 0 Å². The second-order valence-corrected chi connectivity index (χ2v) is 8.81. The van der Waals surface area contributed by atoms with Crippen molar-refractivity contribution in [2.45, 2.75) is 84.3 Å². The summed E-state index contributed by atoms with van der Waals surface area (Å²) in [4.78, 5) is 0. The number of aromatic nitrogens is 2. The molecule has 0 saturated carbocycles. The van der Waals surface area contributed by atoms with Crippen molar-refractivity contribution in [2.75, 3.05) is 6.61 Å². The van der Waals surface area contributed by atoms with E-state index in [0.29, 0.717) is 6.54 Å². The van der Waals surface area contributed by atoms with E-state index in [1.807, 2.05) is 33.9 Å². The van der Waals surface area contributed by atoms with Gasteiger partial charge in [0.1, 0.15) is 0 Å². The van der Waals surface area contributed by atoms with E-state index in [1.165, 1.54) is 0 Å². The first-order valence-corrected chi connectivity index (χ1v) is 9.32. The molecule has 2 rings (SSSR count). The zero-order chi connectivity index (χ0) is 23.3. The normalized spacial score (nSPS) is 17.8. The van der Waals surface area contributed by atoms with Crippen molar-refractivity contribution in [1.82, 2.24) is 9.78 Å². The third kappa shape index (κ3) is 9.14. The minimum absolute atomic E-state index is 0.0739. The van der Waals surface area contributed by atoms with Crippen LogP contribution < -0.4 is 5.46 Å². The Kier molecular flexibility index (Phi) is 10.0. The van der Waals surface area contributed by atoms with Crippen LogP contribution in [0.3, 0.4) is 0 Å². The predicted octanol–water partition coefficient (Wildman–Crippen LogP) is -1.35. The first kappa shape index (κ1) is 28.0. The Hall–Kier alpha value is -0.980. The summed E-state index contributed by atoms with van der Waals surface area (Å²) in [6.07, 6.45) is 3.57. The molecule has 0 amide bonds. The summed E-state index contributed by atoms with van der Waals surface area (Å²) in [7, 11) is -2.55. The number of nitrogens with zero attached hydrogens (tertiary/aromatic N) is 2. The molecule has 1 aliphatic rings. The molecule has 1 aliphatic heterocycles. The Labute approximate surface area is 173 Å². The summed E-state index contributed by atoms with van der Waals surface area (Å²) in [5, 5.41) is 52.7. The highest BCUT2D eigenvalue weighted by molar-refractivity contribution is 6.61. The fourth-order valence-electron chi connectivity index (χ4n) is 1.71. The van der Waals surface area contributed by atoms with Crippen molar-refractivity contribution in [3.8, 4) is 0 Å². The van der Waals surface area contributed by atoms with Crippen LogP contribution in [-0.2, 0) is 15.9 Å². The molecule has 0 spiro atoms. The molecular weight excluding hydrogens is 382 g/mol. The number of hydrogen-bond donors (Lipinski definition) is 6. The Morgan fingerprint density at radius 2 is 1.38 bits per heavy atom. The van der Waals surface area contributed by atoms with Gasteiger partial charge in [-0.3, -0.25) is 4.68 Å². The van der Waals surface area contributed by atoms with E-state index in [-0.39, 0.29) is 24.9 Å². The van der Waals surface area contributed by atoms with E-state index in [9.17, 15) is 0 Å². The van der Waals surface area contributed by atoms with Gasteiger partial charge in [0.05, 0.1) is 35.6 Å². The smallest absolute Gasteiger partial charge is 0.402 e. The average molecular weight is 418 g/mol. The molecule has 0 unspecified atom stereocenters. The third-order valence-electron chi connectivity index (χ3n) is 5.00. The van der Waals surface area contributed by atoms with Crippen LogP contribution in [0.4, 0.5) is 0 Å². The molecular formula is C17H36B2N2O8. The average Bonchev–Trinajstić information content (AvgIpc) is 3.00. The topological polar surface area (TPSA) is 158 Å². The lowest BCUT2D eigenvalue weighted by molar-refractivity contribution is -0.107. The first-order valence-electron chi connectivity index (χ1n) is 9.32. The molecule has 6 N–H and O–H groups in total. The fourth-order valence-corrected chi connectivity index (χ4v) is 1.71. The summed E-state index contributed by atoms with van der Waals surface area (Å²) < 4.78 is 13.5. The van der Waals surface area contributed by atoms with E-state index >= 15 is 0 Å². The molecule has 1 aromatic rings. The third-order valence-corrected chi connectivity index (χ3v) is 5.00. The van der Waals surface area contributed by atoms with Gasteiger partial charge in [0.2, 0.25) is 0 Å². The molecule has 0 aliphatic carbocycles. The van der Waals surface area contributed by atoms with Crippen LogP contribution in [0.25, 0.3) is 0 Å². The maximum atomic E-state index is 9.10. The van der Waals surface area contributed by atoms with E-state index in [0.717, 1.165) is 5.46 Å². The quantitative estimate of drug-likeness (QED) is 0.326. The zero-order valence-electron chi connectivity index (χ0n) is 18.6. The van der Waals surface area contributed by atoms with Gasteiger partial charge in [0.25, 0.3) is 0 Å². The Bertz CT molecular complexity index is 579. The lowest BCUT2D eigenvalue weighted by Gasteiger charge is -2.32. The van der Waals surface area contributed by atoms with Crippen LogP contribution in [0.2, 0.25) is 0 Å². The highest BCUT2D eigenvalue weighted by Crippen LogP contribution is 2.36. The minimum atomic E-state index is -2.17. The van der Waals surface area contributed by atoms with Crippen LogP contribution in [-0.4, -0.2) is 83.6 Å². The van der Waals surface area contributed by atoms with Crippen LogP contribution in [0.1, 0.15) is 55.4 Å². The van der Waals surface area contributed by atoms with Gasteiger partial charge < -0.3 is 39.7 Å². The van der Waals surface area contributed by atoms with Crippen LogP contribution in [0.15, 0.2) is 12.4 Å². The molecule has 168 valence electrons. The Balaban J connectivity index is 0.000000547. The van der Waals surface area contributed by atoms with E-state index < -0.39 is 18.5 Å². The standard InChI is InChI=1S/C11H19BN2O3.C6H14O2.BH3O3/c1-10(2)11(3,4)17-12(16-10)9-7-13-14(8-9)5-6-15;1-5(2,7)6(3,4)8;2-1(3)4/h7-8,15H,5-6H2,1-4H3;7-8H,1-4H3;2-4H. The molecule has 1 aromatic heterocycles. The number of aliphatic hydroxyl groups is 3. The van der Waals surface area contributed by atoms with Crippen molar-refractivity contribution < 1.29 is 39.7 Å². The molecule has 1 fully saturated rings. The molecule has 29 heavy (non-hydrogen) atoms. The van der Waals surface area contributed by atoms with Crippen molar-refractivity contribution in [1.29, 1.82) is 0 Å². The summed E-state index contributed by atoms with van der Waals surface area (Å²) in [5.74, 6) is 0. The maximum Gasteiger partial charge on any atom is 0.631 e. The van der Waals surface area contributed by atoms with E-state index in [4.69, 9.17) is 39.7 Å². The minimum Gasteiger partial charge on any atom is -0.402 e. The van der Waals surface area contributed by atoms with Gasteiger partial charge in [-0.2, -0.15) is 5.10 Å². The highest BCUT2D eigenvalue weighted by atomic mass is 16.7. The van der Waals surface area contributed by atoms with Gasteiger partial charge in [-0.1, -0.05) is 0 Å². The van der Waals surface area contributed by atoms with Crippen LogP contribution >= 0.6 is 0 Å². The Morgan fingerprint density at radius 3 is 1.69 bits per heavy atom. The van der Waals surface area contributed by atoms with Gasteiger partial charge in [-0.05, 0) is 55.4 Å². The molecule has 0 atom stereocenters. The van der Waals surface area contributed by atoms with Crippen molar-refractivity contribution in [2.24, 2.45) is 0 Å². The lowest BCUT2D eigenvalue weighted by atomic mass is 9.82. The maximum absolute atomic E-state index is 9.10. The number of hydrogen-bond acceptors (Lipinski definition) is 9. The summed E-state index contributed by atoms with van der Waals surface area (Å²) in [6, 6.07) is 0. The van der Waals surface area contributed by atoms with Crippen molar-refractivity contribution in [3.05, 3.63) is 12.4 Å². The van der Waals surface area contributed by atoms with E-state index in [2.05, 4.69) is 5.10 Å². The summed E-state index contributed by atoms with van der Waals surface area (Å²) in [5.41, 5.74) is -1.80. The van der Waals surface area contributed by atoms with Gasteiger partial charge in [-0.15, -0.1) is 0 Å². The second kappa shape index (κ2) is 10.4. The summed E-state index contributed by atoms with van der Waals surface area (Å²) in [6.45, 7) is 14.9. The van der Waals surface area contributed by atoms with Crippen molar-refractivity contribution in [3.63, 3.8) is 0 Å². The predicted molar refractivity (Wildman–Crippen MR) is 110 cm³/mol. The largest absolute Gasteiger partial charge is 0.631 e. The molecule has 0 aromatic carbocycles.